The molecule has 2 aliphatic rings. The Bertz CT molecular complexity index is 1690. The number of carboxylic acid groups (broad SMARTS) is 1. The van der Waals surface area contributed by atoms with Gasteiger partial charge in [0.2, 0.25) is 6.61 Å². The number of nitrogens with two attached hydrogens (primary N) is 1. The van der Waals surface area contributed by atoms with Crippen LogP contribution in [0.1, 0.15) is 26.5 Å². The number of pyridine rings is 1. The lowest BCUT2D eigenvalue weighted by molar-refractivity contribution is -0.662. The molecule has 17 heteroatoms. The topological polar surface area (TPSA) is 182 Å². The molecule has 0 aliphatic carbocycles. The van der Waals surface area contributed by atoms with E-state index in [-0.39, 0.29) is 27.4 Å². The van der Waals surface area contributed by atoms with E-state index < -0.39 is 53.1 Å². The number of anilines is 1. The molecule has 2 atom stereocenters. The predicted octanol–water partition coefficient (Wildman–Crippen LogP) is 1.42. The Hall–Kier alpha value is -4.15. The molecule has 226 valence electrons. The van der Waals surface area contributed by atoms with Crippen LogP contribution in [0.2, 0.25) is 4.34 Å². The van der Waals surface area contributed by atoms with Crippen molar-refractivity contribution in [1.29, 1.82) is 0 Å². The lowest BCUT2D eigenvalue weighted by Gasteiger charge is -2.49. The fourth-order valence-corrected chi connectivity index (χ4v) is 6.84. The second kappa shape index (κ2) is 11.9. The predicted molar refractivity (Wildman–Crippen MR) is 157 cm³/mol. The number of thiazole rings is 1. The quantitative estimate of drug-likeness (QED) is 0.101. The first-order valence-electron chi connectivity index (χ1n) is 12.8. The molecule has 0 spiro atoms. The summed E-state index contributed by atoms with van der Waals surface area (Å²) in [6.07, 6.45) is 5.57. The molecule has 1 saturated heterocycles. The molecule has 0 unspecified atom stereocenters. The maximum Gasteiger partial charge on any atom is 0.352 e. The molecule has 0 bridgehead atoms. The van der Waals surface area contributed by atoms with E-state index in [4.69, 9.17) is 26.9 Å². The third-order valence-corrected chi connectivity index (χ3v) is 8.69. The van der Waals surface area contributed by atoms with E-state index in [1.165, 1.54) is 16.7 Å². The molecule has 0 aromatic carbocycles. The molecule has 2 aliphatic heterocycles. The van der Waals surface area contributed by atoms with Crippen molar-refractivity contribution in [3.8, 4) is 0 Å². The zero-order valence-electron chi connectivity index (χ0n) is 23.1. The zero-order chi connectivity index (χ0) is 31.1. The Labute approximate surface area is 258 Å². The maximum absolute atomic E-state index is 13.4. The van der Waals surface area contributed by atoms with Gasteiger partial charge in [-0.2, -0.15) is 0 Å². The number of ether oxygens (including phenoxy) is 1. The molecule has 43 heavy (non-hydrogen) atoms. The summed E-state index contributed by atoms with van der Waals surface area (Å²) in [5.41, 5.74) is 5.75. The number of amides is 2. The highest BCUT2D eigenvalue weighted by molar-refractivity contribution is 8.00. The molecular formula is C26H27ClN7O7S2+. The van der Waals surface area contributed by atoms with Gasteiger partial charge in [-0.3, -0.25) is 14.5 Å². The van der Waals surface area contributed by atoms with Gasteiger partial charge in [-0.25, -0.2) is 23.5 Å². The summed E-state index contributed by atoms with van der Waals surface area (Å²) in [5.74, 6) is -3.14. The molecule has 14 nitrogen and oxygen atoms in total. The van der Waals surface area contributed by atoms with Crippen molar-refractivity contribution in [3.63, 3.8) is 0 Å². The van der Waals surface area contributed by atoms with E-state index in [1.54, 1.807) is 20.8 Å². The summed E-state index contributed by atoms with van der Waals surface area (Å²) >= 11 is 8.43. The SMILES string of the molecule is CC(C)(C)OC(=O)CO/N=C(\C(=O)N[C@@H]1C(=O)N2C(C(=O)O)=C(C[n+]3ccn4ccccc43)CS[C@H]12)c1nc(N)sc1Cl. The molecule has 3 aromatic rings. The Morgan fingerprint density at radius 1 is 1.30 bits per heavy atom. The number of thioether (sulfide) groups is 1. The maximum atomic E-state index is 13.4. The van der Waals surface area contributed by atoms with Gasteiger partial charge in [-0.15, -0.1) is 11.8 Å². The van der Waals surface area contributed by atoms with Crippen LogP contribution in [0, 0.1) is 0 Å². The largest absolute Gasteiger partial charge is 0.477 e. The summed E-state index contributed by atoms with van der Waals surface area (Å²) in [6.45, 7) is 4.70. The molecule has 1 fully saturated rings. The molecule has 3 aromatic heterocycles. The number of β-lactam (4-membered cyclic amide) rings is 1. The van der Waals surface area contributed by atoms with Crippen LogP contribution in [0.25, 0.3) is 5.65 Å². The lowest BCUT2D eigenvalue weighted by Crippen LogP contribution is -2.71. The number of esters is 1. The van der Waals surface area contributed by atoms with Gasteiger partial charge in [0, 0.05) is 17.4 Å². The summed E-state index contributed by atoms with van der Waals surface area (Å²) < 4.78 is 9.00. The van der Waals surface area contributed by atoms with Crippen molar-refractivity contribution in [3.05, 3.63) is 58.1 Å². The first-order chi connectivity index (χ1) is 20.3. The molecule has 0 saturated carbocycles. The van der Waals surface area contributed by atoms with Gasteiger partial charge in [0.05, 0.1) is 6.20 Å². The van der Waals surface area contributed by atoms with E-state index in [0.717, 1.165) is 17.0 Å². The van der Waals surface area contributed by atoms with Gasteiger partial charge in [0.15, 0.2) is 10.8 Å². The first kappa shape index (κ1) is 30.3. The van der Waals surface area contributed by atoms with Gasteiger partial charge >= 0.3 is 11.9 Å². The number of rotatable bonds is 9. The highest BCUT2D eigenvalue weighted by Crippen LogP contribution is 2.40. The van der Waals surface area contributed by atoms with Crippen molar-refractivity contribution in [2.45, 2.75) is 44.3 Å². The van der Waals surface area contributed by atoms with Crippen LogP contribution in [0.4, 0.5) is 5.13 Å². The fraction of sp³-hybridized carbons (Fsp3) is 0.346. The van der Waals surface area contributed by atoms with Gasteiger partial charge in [0.25, 0.3) is 17.5 Å². The van der Waals surface area contributed by atoms with Gasteiger partial charge in [0.1, 0.15) is 51.7 Å². The number of imidazole rings is 1. The number of aliphatic carboxylic acids is 1. The van der Waals surface area contributed by atoms with Crippen LogP contribution in [0.3, 0.4) is 0 Å². The minimum atomic E-state index is -1.25. The van der Waals surface area contributed by atoms with Crippen LogP contribution < -0.4 is 15.6 Å². The average Bonchev–Trinajstić information content (AvgIpc) is 3.49. The number of fused-ring (bicyclic) bond motifs is 2. The number of oxime groups is 1. The number of carbonyl (C=O) groups excluding carboxylic acids is 3. The summed E-state index contributed by atoms with van der Waals surface area (Å²) in [5, 5.41) is 15.8. The number of halogens is 1. The molecule has 5 heterocycles. The van der Waals surface area contributed by atoms with Crippen LogP contribution in [0.5, 0.6) is 0 Å². The van der Waals surface area contributed by atoms with Gasteiger partial charge < -0.3 is 25.7 Å². The Balaban J connectivity index is 1.34. The van der Waals surface area contributed by atoms with E-state index in [1.807, 2.05) is 45.8 Å². The highest BCUT2D eigenvalue weighted by atomic mass is 35.5. The van der Waals surface area contributed by atoms with Gasteiger partial charge in [-0.05, 0) is 26.8 Å². The third-order valence-electron chi connectivity index (χ3n) is 6.27. The van der Waals surface area contributed by atoms with Crippen LogP contribution in [-0.2, 0) is 35.3 Å². The molecule has 0 radical (unpaired) electrons. The summed E-state index contributed by atoms with van der Waals surface area (Å²) in [4.78, 5) is 61.3. The Kier molecular flexibility index (Phi) is 8.36. The van der Waals surface area contributed by atoms with Crippen molar-refractivity contribution in [2.24, 2.45) is 5.16 Å². The van der Waals surface area contributed by atoms with Crippen LogP contribution >= 0.6 is 34.7 Å². The lowest BCUT2D eigenvalue weighted by atomic mass is 10.0. The molecule has 5 rings (SSSR count). The monoisotopic (exact) mass is 648 g/mol. The number of carboxylic acids is 1. The van der Waals surface area contributed by atoms with Crippen molar-refractivity contribution in [2.75, 3.05) is 18.1 Å². The molecule has 2 amide bonds. The first-order valence-corrected chi connectivity index (χ1v) is 15.1. The van der Waals surface area contributed by atoms with E-state index >= 15 is 0 Å². The number of nitrogens with one attached hydrogen (secondary N) is 1. The Morgan fingerprint density at radius 2 is 2.07 bits per heavy atom. The van der Waals surface area contributed by atoms with E-state index in [2.05, 4.69) is 15.5 Å². The molecular weight excluding hydrogens is 622 g/mol. The molecule has 4 N–H and O–H groups in total. The zero-order valence-corrected chi connectivity index (χ0v) is 25.5. The second-order valence-corrected chi connectivity index (χ2v) is 13.2. The van der Waals surface area contributed by atoms with E-state index in [0.29, 0.717) is 11.3 Å². The van der Waals surface area contributed by atoms with Gasteiger partial charge in [-0.1, -0.05) is 34.2 Å². The number of carbonyl (C=O) groups is 4. The average molecular weight is 649 g/mol. The van der Waals surface area contributed by atoms with Crippen molar-refractivity contribution in [1.82, 2.24) is 19.6 Å². The normalized spacial score (nSPS) is 18.7. The number of nitrogen functional groups attached to an aromatic ring is 1. The second-order valence-electron chi connectivity index (χ2n) is 10.5. The third kappa shape index (κ3) is 6.30. The Morgan fingerprint density at radius 3 is 2.74 bits per heavy atom. The summed E-state index contributed by atoms with van der Waals surface area (Å²) in [7, 11) is 0. The van der Waals surface area contributed by atoms with Crippen molar-refractivity contribution >= 4 is 74.9 Å². The fourth-order valence-electron chi connectivity index (χ4n) is 4.57. The number of aromatic nitrogens is 3. The summed E-state index contributed by atoms with van der Waals surface area (Å²) in [6, 6.07) is 4.60. The standard InChI is InChI=1S/C26H26ClN7O7S2/c1-26(2,3)41-15(35)11-40-31-17(16-20(27)43-25(28)30-16)21(36)29-18-22(37)34-19(24(38)39)13(12-42-23(18)34)10-33-9-8-32-7-5-4-6-14(32)33/h4-9,18,23H,10-12H2,1-3H3,(H3-,28,29,30,36,38,39)/p+1/b31-17-/t18-,23-/m1/s1. The number of hydrogen-bond donors (Lipinski definition) is 3. The highest BCUT2D eigenvalue weighted by Gasteiger charge is 2.54. The minimum absolute atomic E-state index is 0.0392. The number of hydrogen-bond acceptors (Lipinski definition) is 11. The minimum Gasteiger partial charge on any atom is -0.477 e. The van der Waals surface area contributed by atoms with Crippen LogP contribution in [-0.4, -0.2) is 78.2 Å². The smallest absolute Gasteiger partial charge is 0.352 e. The van der Waals surface area contributed by atoms with Crippen LogP contribution in [0.15, 0.2) is 53.2 Å². The number of nitrogens with zero attached hydrogens (tertiary/aromatic N) is 5. The van der Waals surface area contributed by atoms with E-state index in [9.17, 15) is 24.3 Å². The van der Waals surface area contributed by atoms with Crippen molar-refractivity contribution < 1.29 is 38.4 Å².